The molecule has 0 aliphatic rings. The second kappa shape index (κ2) is 7.01. The summed E-state index contributed by atoms with van der Waals surface area (Å²) in [6.45, 7) is 3.93. The number of pyridine rings is 1. The Hall–Kier alpha value is -1.42. The fourth-order valence-corrected chi connectivity index (χ4v) is 1.63. The van der Waals surface area contributed by atoms with Gasteiger partial charge in [-0.05, 0) is 44.4 Å². The number of nitrogens with zero attached hydrogens (tertiary/aromatic N) is 1. The molecule has 94 valence electrons. The molecule has 0 aliphatic heterocycles. The second-order valence-corrected chi connectivity index (χ2v) is 4.44. The summed E-state index contributed by atoms with van der Waals surface area (Å²) in [7, 11) is 0. The lowest BCUT2D eigenvalue weighted by Gasteiger charge is -2.14. The normalized spacial score (nSPS) is 14.1. The number of hydrogen-bond acceptors (Lipinski definition) is 3. The average molecular weight is 235 g/mol. The monoisotopic (exact) mass is 235 g/mol. The van der Waals surface area contributed by atoms with Crippen LogP contribution in [-0.4, -0.2) is 16.9 Å². The Morgan fingerprint density at radius 2 is 2.06 bits per heavy atom. The van der Waals surface area contributed by atoms with Gasteiger partial charge in [0.25, 0.3) is 0 Å². The molecule has 0 saturated heterocycles. The molecule has 0 spiro atoms. The molecule has 0 bridgehead atoms. The van der Waals surface area contributed by atoms with Crippen molar-refractivity contribution in [3.05, 3.63) is 30.1 Å². The number of rotatable bonds is 6. The van der Waals surface area contributed by atoms with Gasteiger partial charge >= 0.3 is 0 Å². The fraction of sp³-hybridized carbons (Fsp3) is 0.538. The average Bonchev–Trinajstić information content (AvgIpc) is 2.29. The van der Waals surface area contributed by atoms with Crippen LogP contribution in [0.4, 0.5) is 0 Å². The summed E-state index contributed by atoms with van der Waals surface area (Å²) in [6.07, 6.45) is 5.72. The lowest BCUT2D eigenvalue weighted by atomic mass is 10.1. The number of carbonyl (C=O) groups is 1. The maximum atomic E-state index is 11.6. The SMILES string of the molecule is CC(N)CCCC(=O)N[C@@H](C)c1ccncc1. The Labute approximate surface area is 103 Å². The van der Waals surface area contributed by atoms with Gasteiger partial charge in [0.1, 0.15) is 0 Å². The third kappa shape index (κ3) is 5.45. The molecule has 0 aromatic carbocycles. The predicted molar refractivity (Wildman–Crippen MR) is 68.3 cm³/mol. The summed E-state index contributed by atoms with van der Waals surface area (Å²) < 4.78 is 0. The third-order valence-corrected chi connectivity index (χ3v) is 2.65. The molecule has 1 amide bonds. The van der Waals surface area contributed by atoms with Crippen molar-refractivity contribution in [1.29, 1.82) is 0 Å². The van der Waals surface area contributed by atoms with Crippen LogP contribution in [0.2, 0.25) is 0 Å². The maximum Gasteiger partial charge on any atom is 0.220 e. The van der Waals surface area contributed by atoms with Crippen molar-refractivity contribution < 1.29 is 4.79 Å². The standard InChI is InChI=1S/C13H21N3O/c1-10(14)4-3-5-13(17)16-11(2)12-6-8-15-9-7-12/h6-11H,3-5,14H2,1-2H3,(H,16,17)/t10?,11-/m0/s1. The van der Waals surface area contributed by atoms with Gasteiger partial charge in [0.05, 0.1) is 6.04 Å². The third-order valence-electron chi connectivity index (χ3n) is 2.65. The first-order valence-corrected chi connectivity index (χ1v) is 6.04. The van der Waals surface area contributed by atoms with Crippen LogP contribution >= 0.6 is 0 Å². The van der Waals surface area contributed by atoms with Crippen LogP contribution in [0, 0.1) is 0 Å². The topological polar surface area (TPSA) is 68.0 Å². The quantitative estimate of drug-likeness (QED) is 0.789. The molecular formula is C13H21N3O. The number of hydrogen-bond donors (Lipinski definition) is 2. The Bertz CT molecular complexity index is 338. The number of nitrogens with one attached hydrogen (secondary N) is 1. The van der Waals surface area contributed by atoms with Gasteiger partial charge in [-0.3, -0.25) is 9.78 Å². The zero-order valence-electron chi connectivity index (χ0n) is 10.5. The van der Waals surface area contributed by atoms with E-state index in [0.29, 0.717) is 6.42 Å². The Balaban J connectivity index is 2.31. The molecule has 1 unspecified atom stereocenters. The van der Waals surface area contributed by atoms with Crippen molar-refractivity contribution in [2.45, 2.75) is 45.2 Å². The minimum Gasteiger partial charge on any atom is -0.350 e. The highest BCUT2D eigenvalue weighted by molar-refractivity contribution is 5.76. The molecule has 0 saturated carbocycles. The molecule has 4 heteroatoms. The largest absolute Gasteiger partial charge is 0.350 e. The summed E-state index contributed by atoms with van der Waals surface area (Å²) >= 11 is 0. The van der Waals surface area contributed by atoms with Gasteiger partial charge in [-0.1, -0.05) is 0 Å². The smallest absolute Gasteiger partial charge is 0.220 e. The minimum absolute atomic E-state index is 0.0285. The zero-order chi connectivity index (χ0) is 12.7. The van der Waals surface area contributed by atoms with Gasteiger partial charge in [-0.15, -0.1) is 0 Å². The van der Waals surface area contributed by atoms with Crippen LogP contribution in [-0.2, 0) is 4.79 Å². The second-order valence-electron chi connectivity index (χ2n) is 4.44. The molecule has 0 radical (unpaired) electrons. The van der Waals surface area contributed by atoms with E-state index in [2.05, 4.69) is 10.3 Å². The van der Waals surface area contributed by atoms with Crippen LogP contribution in [0.25, 0.3) is 0 Å². The minimum atomic E-state index is 0.0285. The molecule has 1 heterocycles. The summed E-state index contributed by atoms with van der Waals surface area (Å²) in [5.41, 5.74) is 6.70. The Morgan fingerprint density at radius 3 is 2.65 bits per heavy atom. The van der Waals surface area contributed by atoms with Crippen molar-refractivity contribution in [2.24, 2.45) is 5.73 Å². The lowest BCUT2D eigenvalue weighted by molar-refractivity contribution is -0.121. The molecule has 0 fully saturated rings. The van der Waals surface area contributed by atoms with E-state index >= 15 is 0 Å². The van der Waals surface area contributed by atoms with Gasteiger partial charge in [0.15, 0.2) is 0 Å². The molecule has 2 atom stereocenters. The van der Waals surface area contributed by atoms with E-state index in [1.807, 2.05) is 26.0 Å². The lowest BCUT2D eigenvalue weighted by Crippen LogP contribution is -2.26. The van der Waals surface area contributed by atoms with Gasteiger partial charge in [-0.25, -0.2) is 0 Å². The van der Waals surface area contributed by atoms with E-state index in [4.69, 9.17) is 5.73 Å². The maximum absolute atomic E-state index is 11.6. The first-order valence-electron chi connectivity index (χ1n) is 6.04. The van der Waals surface area contributed by atoms with Crippen LogP contribution in [0.15, 0.2) is 24.5 Å². The molecule has 3 N–H and O–H groups in total. The van der Waals surface area contributed by atoms with E-state index in [9.17, 15) is 4.79 Å². The highest BCUT2D eigenvalue weighted by atomic mass is 16.1. The predicted octanol–water partition coefficient (Wildman–Crippen LogP) is 1.78. The molecular weight excluding hydrogens is 214 g/mol. The van der Waals surface area contributed by atoms with Crippen LogP contribution in [0.1, 0.15) is 44.7 Å². The van der Waals surface area contributed by atoms with Crippen molar-refractivity contribution in [2.75, 3.05) is 0 Å². The fourth-order valence-electron chi connectivity index (χ4n) is 1.63. The Kier molecular flexibility index (Phi) is 5.63. The summed E-state index contributed by atoms with van der Waals surface area (Å²) in [6, 6.07) is 4.01. The molecule has 1 aromatic heterocycles. The zero-order valence-corrected chi connectivity index (χ0v) is 10.5. The van der Waals surface area contributed by atoms with Crippen molar-refractivity contribution in [1.82, 2.24) is 10.3 Å². The van der Waals surface area contributed by atoms with Crippen molar-refractivity contribution >= 4 is 5.91 Å². The van der Waals surface area contributed by atoms with Gasteiger partial charge in [0.2, 0.25) is 5.91 Å². The van der Waals surface area contributed by atoms with E-state index in [1.54, 1.807) is 12.4 Å². The highest BCUT2D eigenvalue weighted by Crippen LogP contribution is 2.10. The van der Waals surface area contributed by atoms with Crippen LogP contribution in [0.3, 0.4) is 0 Å². The number of carbonyl (C=O) groups excluding carboxylic acids is 1. The summed E-state index contributed by atoms with van der Waals surface area (Å²) in [5, 5.41) is 2.96. The highest BCUT2D eigenvalue weighted by Gasteiger charge is 2.09. The van der Waals surface area contributed by atoms with Crippen LogP contribution in [0.5, 0.6) is 0 Å². The molecule has 1 aromatic rings. The summed E-state index contributed by atoms with van der Waals surface area (Å²) in [5.74, 6) is 0.0787. The van der Waals surface area contributed by atoms with E-state index in [0.717, 1.165) is 18.4 Å². The van der Waals surface area contributed by atoms with Gasteiger partial charge in [-0.2, -0.15) is 0 Å². The van der Waals surface area contributed by atoms with Crippen molar-refractivity contribution in [3.63, 3.8) is 0 Å². The van der Waals surface area contributed by atoms with E-state index in [1.165, 1.54) is 0 Å². The molecule has 4 nitrogen and oxygen atoms in total. The van der Waals surface area contributed by atoms with E-state index < -0.39 is 0 Å². The number of amides is 1. The van der Waals surface area contributed by atoms with Crippen molar-refractivity contribution in [3.8, 4) is 0 Å². The first kappa shape index (κ1) is 13.6. The van der Waals surface area contributed by atoms with Gasteiger partial charge in [0, 0.05) is 24.9 Å². The summed E-state index contributed by atoms with van der Waals surface area (Å²) in [4.78, 5) is 15.6. The molecule has 1 rings (SSSR count). The number of aromatic nitrogens is 1. The Morgan fingerprint density at radius 1 is 1.41 bits per heavy atom. The van der Waals surface area contributed by atoms with Crippen LogP contribution < -0.4 is 11.1 Å². The molecule has 17 heavy (non-hydrogen) atoms. The number of nitrogens with two attached hydrogens (primary N) is 1. The van der Waals surface area contributed by atoms with Gasteiger partial charge < -0.3 is 11.1 Å². The van der Waals surface area contributed by atoms with E-state index in [-0.39, 0.29) is 18.0 Å². The first-order chi connectivity index (χ1) is 8.09. The molecule has 0 aliphatic carbocycles.